The molecule has 2 aromatic rings. The number of allylic oxidation sites excluding steroid dienone is 2. The van der Waals surface area contributed by atoms with Crippen molar-refractivity contribution in [3.8, 4) is 0 Å². The fraction of sp³-hybridized carbons (Fsp3) is 0.757. The highest BCUT2D eigenvalue weighted by Gasteiger charge is 2.11. The third-order valence-corrected chi connectivity index (χ3v) is 16.2. The second-order valence-electron chi connectivity index (χ2n) is 23.7. The van der Waals surface area contributed by atoms with Crippen molar-refractivity contribution in [2.75, 3.05) is 0 Å². The highest BCUT2D eigenvalue weighted by Crippen LogP contribution is 2.24. The maximum atomic E-state index is 5.40. The van der Waals surface area contributed by atoms with Crippen LogP contribution in [0.25, 0.3) is 12.2 Å². The Morgan fingerprint density at radius 2 is 0.513 bits per heavy atom. The van der Waals surface area contributed by atoms with Gasteiger partial charge in [0.1, 0.15) is 0 Å². The summed E-state index contributed by atoms with van der Waals surface area (Å²) in [7, 11) is 0. The van der Waals surface area contributed by atoms with Crippen LogP contribution >= 0.6 is 0 Å². The van der Waals surface area contributed by atoms with Gasteiger partial charge in [-0.3, -0.25) is 9.98 Å². The monoisotopic (exact) mass is 1050 g/mol. The van der Waals surface area contributed by atoms with Crippen LogP contribution in [0.3, 0.4) is 0 Å². The molecule has 2 rings (SSSR count). The van der Waals surface area contributed by atoms with Crippen LogP contribution in [0.4, 0.5) is 11.4 Å². The molecule has 2 nitrogen and oxygen atoms in total. The molecule has 0 aromatic heterocycles. The predicted molar refractivity (Wildman–Crippen MR) is 348 cm³/mol. The second kappa shape index (κ2) is 55.6. The summed E-state index contributed by atoms with van der Waals surface area (Å²) in [4.78, 5) is 10.8. The molecule has 434 valence electrons. The number of unbranched alkanes of at least 4 members (excludes halogenated alkanes) is 46. The standard InChI is InChI=1S/C74H128N2/c1-5-9-13-16-18-20-22-24-26-28-30-32-34-36-38-40-42-44-46-48-50-52-54-59-69-61-57-63-71(67-69)75-73(65-12-8-4)74(66-56-15-11-7-3)76-72-64-58-62-70(68-72)60-55-53-51-49-47-45-43-41-39-37-35-33-31-29-27-25-23-21-19-17-14-10-6-2/h54-55,57-64,67-68H,5-53,56,65-66H2,1-4H3. The van der Waals surface area contributed by atoms with Gasteiger partial charge in [-0.15, -0.1) is 0 Å². The molecule has 0 radical (unpaired) electrons. The van der Waals surface area contributed by atoms with E-state index >= 15 is 0 Å². The lowest BCUT2D eigenvalue weighted by Gasteiger charge is -2.12. The Bertz CT molecular complexity index is 1640. The number of rotatable bonds is 57. The Labute approximate surface area is 476 Å². The maximum Gasteiger partial charge on any atom is 0.0639 e. The Morgan fingerprint density at radius 3 is 0.789 bits per heavy atom. The molecule has 0 unspecified atom stereocenters. The first-order valence-electron chi connectivity index (χ1n) is 34.4. The summed E-state index contributed by atoms with van der Waals surface area (Å²) in [5.41, 5.74) is 6.98. The van der Waals surface area contributed by atoms with Gasteiger partial charge >= 0.3 is 0 Å². The molecule has 0 aliphatic rings. The zero-order chi connectivity index (χ0) is 54.1. The van der Waals surface area contributed by atoms with Crippen molar-refractivity contribution >= 4 is 35.0 Å². The zero-order valence-electron chi connectivity index (χ0n) is 51.6. The van der Waals surface area contributed by atoms with Crippen molar-refractivity contribution in [1.29, 1.82) is 0 Å². The van der Waals surface area contributed by atoms with Crippen molar-refractivity contribution in [3.05, 3.63) is 71.8 Å². The Hall–Kier alpha value is -2.74. The van der Waals surface area contributed by atoms with Crippen molar-refractivity contribution < 1.29 is 0 Å². The van der Waals surface area contributed by atoms with Crippen molar-refractivity contribution in [2.24, 2.45) is 9.98 Å². The molecule has 0 atom stereocenters. The van der Waals surface area contributed by atoms with E-state index < -0.39 is 0 Å². The lowest BCUT2D eigenvalue weighted by Crippen LogP contribution is -2.14. The lowest BCUT2D eigenvalue weighted by molar-refractivity contribution is 0.520. The van der Waals surface area contributed by atoms with E-state index in [2.05, 4.69) is 101 Å². The predicted octanol–water partition coefficient (Wildman–Crippen LogP) is 26.9. The van der Waals surface area contributed by atoms with Crippen LogP contribution < -0.4 is 0 Å². The minimum atomic E-state index is 0.974. The molecule has 2 heteroatoms. The van der Waals surface area contributed by atoms with Gasteiger partial charge in [-0.1, -0.05) is 359 Å². The number of nitrogens with zero attached hydrogens (tertiary/aromatic N) is 2. The van der Waals surface area contributed by atoms with E-state index in [4.69, 9.17) is 9.98 Å². The molecule has 2 aromatic carbocycles. The summed E-state index contributed by atoms with van der Waals surface area (Å²) in [5.74, 6) is 0. The van der Waals surface area contributed by atoms with E-state index in [9.17, 15) is 0 Å². The maximum absolute atomic E-state index is 5.40. The van der Waals surface area contributed by atoms with E-state index in [0.29, 0.717) is 0 Å². The van der Waals surface area contributed by atoms with E-state index in [1.54, 1.807) is 0 Å². The van der Waals surface area contributed by atoms with Gasteiger partial charge in [0.05, 0.1) is 22.8 Å². The van der Waals surface area contributed by atoms with Crippen molar-refractivity contribution in [1.82, 2.24) is 0 Å². The smallest absolute Gasteiger partial charge is 0.0639 e. The molecule has 0 amide bonds. The average Bonchev–Trinajstić information content (AvgIpc) is 3.43. The fourth-order valence-corrected chi connectivity index (χ4v) is 11.1. The molecule has 0 aliphatic heterocycles. The van der Waals surface area contributed by atoms with Crippen LogP contribution in [0.15, 0.2) is 70.7 Å². The summed E-state index contributed by atoms with van der Waals surface area (Å²) in [6.45, 7) is 9.21. The third-order valence-electron chi connectivity index (χ3n) is 16.2. The van der Waals surface area contributed by atoms with Crippen molar-refractivity contribution in [3.63, 3.8) is 0 Å². The highest BCUT2D eigenvalue weighted by molar-refractivity contribution is 6.43. The fourth-order valence-electron chi connectivity index (χ4n) is 11.1. The van der Waals surface area contributed by atoms with Crippen LogP contribution in [0.2, 0.25) is 0 Å². The zero-order valence-corrected chi connectivity index (χ0v) is 51.6. The summed E-state index contributed by atoms with van der Waals surface area (Å²) in [5, 5.41) is 0. The number of benzene rings is 2. The largest absolute Gasteiger partial charge is 0.252 e. The quantitative estimate of drug-likeness (QED) is 0.0466. The van der Waals surface area contributed by atoms with Crippen LogP contribution in [0.1, 0.15) is 373 Å². The van der Waals surface area contributed by atoms with E-state index in [1.165, 1.54) is 318 Å². The van der Waals surface area contributed by atoms with Crippen LogP contribution in [-0.2, 0) is 0 Å². The van der Waals surface area contributed by atoms with Crippen LogP contribution in [0, 0.1) is 0 Å². The van der Waals surface area contributed by atoms with Gasteiger partial charge in [0.15, 0.2) is 0 Å². The molecular formula is C74H128N2. The normalized spacial score (nSPS) is 12.4. The molecule has 0 saturated carbocycles. The van der Waals surface area contributed by atoms with Crippen molar-refractivity contribution in [2.45, 2.75) is 362 Å². The first-order valence-corrected chi connectivity index (χ1v) is 34.4. The second-order valence-corrected chi connectivity index (χ2v) is 23.7. The van der Waals surface area contributed by atoms with Gasteiger partial charge in [-0.25, -0.2) is 0 Å². The first kappa shape index (κ1) is 69.4. The average molecular weight is 1050 g/mol. The highest BCUT2D eigenvalue weighted by atomic mass is 14.8. The van der Waals surface area contributed by atoms with Gasteiger partial charge in [0.2, 0.25) is 0 Å². The molecule has 76 heavy (non-hydrogen) atoms. The van der Waals surface area contributed by atoms with E-state index in [0.717, 1.165) is 49.9 Å². The summed E-state index contributed by atoms with van der Waals surface area (Å²) in [6, 6.07) is 17.8. The summed E-state index contributed by atoms with van der Waals surface area (Å²) in [6.07, 6.45) is 81.2. The van der Waals surface area contributed by atoms with Crippen LogP contribution in [-0.4, -0.2) is 11.4 Å². The van der Waals surface area contributed by atoms with Gasteiger partial charge in [0.25, 0.3) is 0 Å². The molecule has 0 bridgehead atoms. The molecule has 0 aliphatic carbocycles. The summed E-state index contributed by atoms with van der Waals surface area (Å²) < 4.78 is 0. The van der Waals surface area contributed by atoms with Crippen LogP contribution in [0.5, 0.6) is 0 Å². The minimum Gasteiger partial charge on any atom is -0.252 e. The third kappa shape index (κ3) is 44.2. The minimum absolute atomic E-state index is 0.974. The molecule has 0 spiro atoms. The Kier molecular flexibility index (Phi) is 50.7. The topological polar surface area (TPSA) is 24.7 Å². The van der Waals surface area contributed by atoms with E-state index in [-0.39, 0.29) is 0 Å². The number of aliphatic imine (C=N–C) groups is 2. The SMILES string of the molecule is CCCCCCCCCCCCCCCCCCCCCCCC=Cc1cccc(N=C(CCCC)C(CCCCCC)=Nc2cccc(C=CCCCCCCCCCCCCCCCCCCCCCCC)c2)c1. The van der Waals surface area contributed by atoms with Gasteiger partial charge in [-0.2, -0.15) is 0 Å². The Morgan fingerprint density at radius 1 is 0.276 bits per heavy atom. The molecule has 0 N–H and O–H groups in total. The molecule has 0 heterocycles. The number of hydrogen-bond acceptors (Lipinski definition) is 2. The van der Waals surface area contributed by atoms with Gasteiger partial charge in [0, 0.05) is 0 Å². The lowest BCUT2D eigenvalue weighted by atomic mass is 10.0. The van der Waals surface area contributed by atoms with Gasteiger partial charge < -0.3 is 0 Å². The molecular weight excluding hydrogens is 917 g/mol. The molecule has 0 fully saturated rings. The Balaban J connectivity index is 1.69. The van der Waals surface area contributed by atoms with Gasteiger partial charge in [-0.05, 0) is 86.8 Å². The summed E-state index contributed by atoms with van der Waals surface area (Å²) >= 11 is 0. The van der Waals surface area contributed by atoms with E-state index in [1.807, 2.05) is 0 Å². The molecule has 0 saturated heterocycles. The number of hydrogen-bond donors (Lipinski definition) is 0. The first-order chi connectivity index (χ1) is 37.7.